The SMILES string of the molecule is Cc1cc(CNS(=O)(=O)c2c(C)csc2CO)no1. The van der Waals surface area contributed by atoms with Gasteiger partial charge in [-0.05, 0) is 24.8 Å². The molecule has 0 atom stereocenters. The van der Waals surface area contributed by atoms with Gasteiger partial charge < -0.3 is 9.63 Å². The zero-order valence-electron chi connectivity index (χ0n) is 10.5. The van der Waals surface area contributed by atoms with Gasteiger partial charge in [-0.3, -0.25) is 0 Å². The van der Waals surface area contributed by atoms with Crippen LogP contribution in [-0.4, -0.2) is 18.7 Å². The van der Waals surface area contributed by atoms with Gasteiger partial charge in [-0.2, -0.15) is 0 Å². The molecule has 2 aromatic heterocycles. The Morgan fingerprint density at radius 3 is 2.79 bits per heavy atom. The summed E-state index contributed by atoms with van der Waals surface area (Å²) in [5, 5.41) is 14.6. The summed E-state index contributed by atoms with van der Waals surface area (Å²) in [6.45, 7) is 3.19. The summed E-state index contributed by atoms with van der Waals surface area (Å²) in [5.41, 5.74) is 1.14. The van der Waals surface area contributed by atoms with Crippen molar-refractivity contribution < 1.29 is 18.0 Å². The van der Waals surface area contributed by atoms with Crippen molar-refractivity contribution in [2.75, 3.05) is 0 Å². The van der Waals surface area contributed by atoms with Crippen LogP contribution in [0.25, 0.3) is 0 Å². The minimum absolute atomic E-state index is 0.0554. The summed E-state index contributed by atoms with van der Waals surface area (Å²) < 4.78 is 31.7. The van der Waals surface area contributed by atoms with E-state index in [9.17, 15) is 13.5 Å². The van der Waals surface area contributed by atoms with Crippen LogP contribution in [0.15, 0.2) is 20.9 Å². The predicted octanol–water partition coefficient (Wildman–Crippen LogP) is 1.32. The van der Waals surface area contributed by atoms with Gasteiger partial charge in [-0.15, -0.1) is 11.3 Å². The van der Waals surface area contributed by atoms with E-state index in [1.54, 1.807) is 25.3 Å². The molecule has 0 aromatic carbocycles. The topological polar surface area (TPSA) is 92.4 Å². The molecule has 0 saturated carbocycles. The Morgan fingerprint density at radius 1 is 1.47 bits per heavy atom. The van der Waals surface area contributed by atoms with Crippen molar-refractivity contribution in [2.45, 2.75) is 31.9 Å². The highest BCUT2D eigenvalue weighted by molar-refractivity contribution is 7.89. The van der Waals surface area contributed by atoms with Crippen LogP contribution in [0, 0.1) is 13.8 Å². The van der Waals surface area contributed by atoms with Crippen LogP contribution in [0.2, 0.25) is 0 Å². The van der Waals surface area contributed by atoms with Crippen LogP contribution in [0.4, 0.5) is 0 Å². The number of hydrogen-bond donors (Lipinski definition) is 2. The highest BCUT2D eigenvalue weighted by Gasteiger charge is 2.22. The van der Waals surface area contributed by atoms with E-state index in [0.29, 0.717) is 21.9 Å². The lowest BCUT2D eigenvalue weighted by Crippen LogP contribution is -2.24. The molecule has 0 spiro atoms. The lowest BCUT2D eigenvalue weighted by molar-refractivity contribution is 0.282. The summed E-state index contributed by atoms with van der Waals surface area (Å²) in [5.74, 6) is 0.622. The monoisotopic (exact) mass is 302 g/mol. The van der Waals surface area contributed by atoms with E-state index in [0.717, 1.165) is 0 Å². The molecule has 0 radical (unpaired) electrons. The van der Waals surface area contributed by atoms with Crippen molar-refractivity contribution in [3.05, 3.63) is 33.3 Å². The van der Waals surface area contributed by atoms with E-state index >= 15 is 0 Å². The molecule has 0 unspecified atom stereocenters. The van der Waals surface area contributed by atoms with Gasteiger partial charge in [0.05, 0.1) is 23.7 Å². The third-order valence-electron chi connectivity index (χ3n) is 2.52. The van der Waals surface area contributed by atoms with Crippen LogP contribution < -0.4 is 4.72 Å². The van der Waals surface area contributed by atoms with Crippen molar-refractivity contribution in [3.63, 3.8) is 0 Å². The highest BCUT2D eigenvalue weighted by atomic mass is 32.2. The van der Waals surface area contributed by atoms with Gasteiger partial charge >= 0.3 is 0 Å². The van der Waals surface area contributed by atoms with Gasteiger partial charge in [0.2, 0.25) is 10.0 Å². The Balaban J connectivity index is 2.20. The lowest BCUT2D eigenvalue weighted by Gasteiger charge is -2.06. The first-order chi connectivity index (χ1) is 8.94. The Labute approximate surface area is 115 Å². The molecule has 2 N–H and O–H groups in total. The molecule has 104 valence electrons. The van der Waals surface area contributed by atoms with E-state index in [4.69, 9.17) is 4.52 Å². The zero-order chi connectivity index (χ0) is 14.0. The summed E-state index contributed by atoms with van der Waals surface area (Å²) in [4.78, 5) is 0.585. The normalized spacial score (nSPS) is 11.9. The second kappa shape index (κ2) is 5.41. The number of hydrogen-bond acceptors (Lipinski definition) is 6. The van der Waals surface area contributed by atoms with Gasteiger partial charge in [0.1, 0.15) is 10.7 Å². The maximum Gasteiger partial charge on any atom is 0.242 e. The molecule has 0 aliphatic rings. The Morgan fingerprint density at radius 2 is 2.21 bits per heavy atom. The number of aromatic nitrogens is 1. The van der Waals surface area contributed by atoms with Crippen molar-refractivity contribution in [3.8, 4) is 0 Å². The predicted molar refractivity (Wildman–Crippen MR) is 70.2 cm³/mol. The minimum Gasteiger partial charge on any atom is -0.391 e. The third-order valence-corrected chi connectivity index (χ3v) is 5.37. The highest BCUT2D eigenvalue weighted by Crippen LogP contribution is 2.26. The lowest BCUT2D eigenvalue weighted by atomic mass is 10.3. The van der Waals surface area contributed by atoms with Gasteiger partial charge in [0.15, 0.2) is 0 Å². The summed E-state index contributed by atoms with van der Waals surface area (Å²) in [6.07, 6.45) is 0. The van der Waals surface area contributed by atoms with Gasteiger partial charge in [0.25, 0.3) is 0 Å². The number of nitrogens with zero attached hydrogens (tertiary/aromatic N) is 1. The van der Waals surface area contributed by atoms with E-state index in [-0.39, 0.29) is 18.0 Å². The number of thiophene rings is 1. The Kier molecular flexibility index (Phi) is 4.04. The fourth-order valence-corrected chi connectivity index (χ4v) is 4.36. The number of aliphatic hydroxyl groups is 1. The summed E-state index contributed by atoms with van der Waals surface area (Å²) in [6, 6.07) is 1.66. The standard InChI is InChI=1S/C11H14N2O4S2/c1-7-6-18-10(5-14)11(7)19(15,16)12-4-9-3-8(2)17-13-9/h3,6,12,14H,4-5H2,1-2H3. The molecular formula is C11H14N2O4S2. The van der Waals surface area contributed by atoms with E-state index in [2.05, 4.69) is 9.88 Å². The Bertz CT molecular complexity index is 673. The maximum atomic E-state index is 12.2. The molecule has 0 aliphatic carbocycles. The molecule has 0 saturated heterocycles. The summed E-state index contributed by atoms with van der Waals surface area (Å²) >= 11 is 1.23. The molecule has 2 aromatic rings. The second-order valence-corrected chi connectivity index (χ2v) is 6.75. The van der Waals surface area contributed by atoms with Crippen molar-refractivity contribution in [2.24, 2.45) is 0 Å². The van der Waals surface area contributed by atoms with E-state index < -0.39 is 10.0 Å². The molecule has 19 heavy (non-hydrogen) atoms. The molecule has 0 amide bonds. The van der Waals surface area contributed by atoms with Crippen LogP contribution in [0.3, 0.4) is 0 Å². The molecule has 2 rings (SSSR count). The van der Waals surface area contributed by atoms with Crippen LogP contribution in [0.1, 0.15) is 21.9 Å². The second-order valence-electron chi connectivity index (χ2n) is 4.08. The molecule has 6 nitrogen and oxygen atoms in total. The van der Waals surface area contributed by atoms with Crippen molar-refractivity contribution >= 4 is 21.4 Å². The number of rotatable bonds is 5. The molecule has 2 heterocycles. The molecular weight excluding hydrogens is 288 g/mol. The average molecular weight is 302 g/mol. The van der Waals surface area contributed by atoms with Crippen molar-refractivity contribution in [1.82, 2.24) is 9.88 Å². The molecule has 8 heteroatoms. The molecule has 0 bridgehead atoms. The zero-order valence-corrected chi connectivity index (χ0v) is 12.1. The van der Waals surface area contributed by atoms with E-state index in [1.807, 2.05) is 0 Å². The largest absolute Gasteiger partial charge is 0.391 e. The van der Waals surface area contributed by atoms with Crippen LogP contribution in [-0.2, 0) is 23.2 Å². The molecule has 0 fully saturated rings. The quantitative estimate of drug-likeness (QED) is 0.869. The maximum absolute atomic E-state index is 12.2. The first kappa shape index (κ1) is 14.2. The first-order valence-corrected chi connectivity index (χ1v) is 7.90. The molecule has 0 aliphatic heterocycles. The summed E-state index contributed by atoms with van der Waals surface area (Å²) in [7, 11) is -3.66. The fraction of sp³-hybridized carbons (Fsp3) is 0.364. The van der Waals surface area contributed by atoms with Gasteiger partial charge in [-0.25, -0.2) is 13.1 Å². The third kappa shape index (κ3) is 3.03. The minimum atomic E-state index is -3.66. The van der Waals surface area contributed by atoms with Crippen LogP contribution in [0.5, 0.6) is 0 Å². The first-order valence-electron chi connectivity index (χ1n) is 5.53. The fourth-order valence-electron chi connectivity index (χ4n) is 1.70. The average Bonchev–Trinajstić information content (AvgIpc) is 2.93. The number of aryl methyl sites for hydroxylation is 2. The number of sulfonamides is 1. The van der Waals surface area contributed by atoms with Crippen LogP contribution >= 0.6 is 11.3 Å². The van der Waals surface area contributed by atoms with Gasteiger partial charge in [-0.1, -0.05) is 5.16 Å². The number of aliphatic hydroxyl groups excluding tert-OH is 1. The Hall–Kier alpha value is -1.22. The smallest absolute Gasteiger partial charge is 0.242 e. The number of nitrogens with one attached hydrogen (secondary N) is 1. The van der Waals surface area contributed by atoms with Gasteiger partial charge in [0, 0.05) is 6.07 Å². The van der Waals surface area contributed by atoms with E-state index in [1.165, 1.54) is 11.3 Å². The van der Waals surface area contributed by atoms with Crippen molar-refractivity contribution in [1.29, 1.82) is 0 Å².